The first-order chi connectivity index (χ1) is 52.5. The van der Waals surface area contributed by atoms with Crippen molar-refractivity contribution in [2.24, 2.45) is 47.3 Å². The van der Waals surface area contributed by atoms with Crippen molar-refractivity contribution in [1.82, 2.24) is 50.8 Å². The highest BCUT2D eigenvalue weighted by molar-refractivity contribution is 6.11. The molecule has 3 saturated heterocycles. The van der Waals surface area contributed by atoms with Gasteiger partial charge in [-0.1, -0.05) is 87.6 Å². The Morgan fingerprint density at radius 2 is 1.04 bits per heavy atom. The highest BCUT2D eigenvalue weighted by atomic mass is 35.5. The second-order valence-corrected chi connectivity index (χ2v) is 31.6. The summed E-state index contributed by atoms with van der Waals surface area (Å²) in [6.07, 6.45) is 2.65. The van der Waals surface area contributed by atoms with Crippen LogP contribution in [0.3, 0.4) is 0 Å². The molecule has 9 rings (SSSR count). The zero-order valence-electron chi connectivity index (χ0n) is 67.9. The van der Waals surface area contributed by atoms with E-state index in [0.29, 0.717) is 44.1 Å². The molecule has 30 nitrogen and oxygen atoms in total. The van der Waals surface area contributed by atoms with E-state index in [1.54, 1.807) is 62.3 Å². The predicted octanol–water partition coefficient (Wildman–Crippen LogP) is 6.10. The molecule has 0 aromatic heterocycles. The number of nitrogens with two attached hydrogens (primary N) is 1. The van der Waals surface area contributed by atoms with Crippen molar-refractivity contribution in [1.29, 1.82) is 0 Å². The Labute approximate surface area is 661 Å². The smallest absolute Gasteiger partial charge is 0.329 e. The number of unbranched alkanes of at least 4 members (excludes halogenated alkanes) is 1. The quantitative estimate of drug-likeness (QED) is 0.0345. The molecule has 5 fully saturated rings. The monoisotopic (exact) mass is 1580 g/mol. The number of morpholine rings is 1. The molecule has 4 aliphatic heterocycles. The number of hydrogen-bond donors (Lipinski definition) is 5. The number of carbonyl (C=O) groups excluding carboxylic acids is 12. The summed E-state index contributed by atoms with van der Waals surface area (Å²) < 4.78 is 35.1. The van der Waals surface area contributed by atoms with Crippen LogP contribution in [-0.2, 0) is 62.2 Å². The van der Waals surface area contributed by atoms with Gasteiger partial charge < -0.3 is 74.7 Å². The van der Waals surface area contributed by atoms with E-state index >= 15 is 9.59 Å². The molecule has 31 heteroatoms. The van der Waals surface area contributed by atoms with Gasteiger partial charge >= 0.3 is 11.9 Å². The molecule has 8 amide bonds. The van der Waals surface area contributed by atoms with Gasteiger partial charge in [0.1, 0.15) is 59.1 Å². The predicted molar refractivity (Wildman–Crippen MR) is 419 cm³/mol. The second kappa shape index (κ2) is 39.9. The fraction of sp³-hybridized carbons (Fsp3) is 0.630. The molecule has 7 aliphatic rings. The van der Waals surface area contributed by atoms with Gasteiger partial charge in [0.05, 0.1) is 68.4 Å². The van der Waals surface area contributed by atoms with Crippen molar-refractivity contribution in [2.45, 2.75) is 196 Å². The van der Waals surface area contributed by atoms with E-state index in [-0.39, 0.29) is 46.1 Å². The molecule has 0 bridgehead atoms. The van der Waals surface area contributed by atoms with E-state index in [2.05, 4.69) is 33.1 Å². The van der Waals surface area contributed by atoms with Crippen LogP contribution in [0.4, 0.5) is 5.69 Å². The van der Waals surface area contributed by atoms with E-state index in [0.717, 1.165) is 86.6 Å². The standard InChI is InChI=1S/C64H88N10O16.C17H27NO3.ClH/c1-27(2)44-53(78)35-19-17-21-37(35)61(84)71(13)25-40(75)73(15)50(29(5)6)63(86)88-33(11)46(59(82)67-44)69-57(80)39-24-23-31(9)55-48(39)66-49-42(43(65)52(77)32(10)56(49)90-55)58(81)70-47-34(12)89-64(87)51(30(7)8)74(16)41(76)26-72(14)62(85)38-22-18-20-36(38)54(79)45(28(3)4)68-60(47)83;1-2-3-12-20-16-5-7-17(8-6-16)21-13-4-9-18-10-14-19-15-11-18;/h23-24,27-30,33-38,44-47,50-51H,17-22,25-26,65H2,1-16H3,(H,67,82)(H,68,83)(H,69,80)(H,70,81);5-8H,2-4,9-15H2,1H3;1H. The maximum absolute atomic E-state index is 15.2. The van der Waals surface area contributed by atoms with Crippen LogP contribution in [0.15, 0.2) is 45.6 Å². The summed E-state index contributed by atoms with van der Waals surface area (Å²) in [5, 5.41) is 10.8. The molecule has 616 valence electrons. The van der Waals surface area contributed by atoms with Gasteiger partial charge in [-0.15, -0.1) is 12.4 Å². The van der Waals surface area contributed by atoms with Crippen LogP contribution >= 0.6 is 12.4 Å². The van der Waals surface area contributed by atoms with Crippen molar-refractivity contribution in [2.75, 3.05) is 93.1 Å². The van der Waals surface area contributed by atoms with Crippen LogP contribution in [-0.4, -0.2) is 236 Å². The van der Waals surface area contributed by atoms with Crippen LogP contribution < -0.4 is 41.9 Å². The number of nitrogen functional groups attached to an aromatic ring is 1. The Balaban J connectivity index is 0.000000679. The molecule has 2 aromatic rings. The van der Waals surface area contributed by atoms with Gasteiger partial charge in [0.2, 0.25) is 40.9 Å². The third kappa shape index (κ3) is 21.1. The van der Waals surface area contributed by atoms with E-state index in [1.807, 2.05) is 24.3 Å². The normalized spacial score (nSPS) is 25.3. The summed E-state index contributed by atoms with van der Waals surface area (Å²) in [6, 6.07) is 2.21. The first-order valence-corrected chi connectivity index (χ1v) is 39.0. The molecular weight excluding hydrogens is 1470 g/mol. The van der Waals surface area contributed by atoms with Crippen LogP contribution in [0, 0.1) is 61.2 Å². The number of amides is 8. The molecule has 4 heterocycles. The lowest BCUT2D eigenvalue weighted by Gasteiger charge is -2.35. The number of ether oxygens (including phenoxy) is 5. The molecule has 112 heavy (non-hydrogen) atoms. The Kier molecular flexibility index (Phi) is 32.1. The van der Waals surface area contributed by atoms with Gasteiger partial charge in [-0.05, 0) is 126 Å². The Morgan fingerprint density at radius 3 is 1.48 bits per heavy atom. The number of aromatic nitrogens is 1. The molecule has 12 atom stereocenters. The number of cyclic esters (lactones) is 2. The van der Waals surface area contributed by atoms with Crippen molar-refractivity contribution >= 4 is 100.0 Å². The molecule has 2 saturated carbocycles. The van der Waals surface area contributed by atoms with Crippen molar-refractivity contribution in [3.8, 4) is 23.0 Å². The molecule has 0 spiro atoms. The van der Waals surface area contributed by atoms with Gasteiger partial charge in [0.15, 0.2) is 22.9 Å². The third-order valence-electron chi connectivity index (χ3n) is 21.9. The lowest BCUT2D eigenvalue weighted by Crippen LogP contribution is -2.59. The van der Waals surface area contributed by atoms with E-state index in [9.17, 15) is 52.7 Å². The molecule has 0 radical (unpaired) electrons. The first-order valence-electron chi connectivity index (χ1n) is 39.0. The zero-order valence-corrected chi connectivity index (χ0v) is 68.7. The Bertz CT molecular complexity index is 4100. The van der Waals surface area contributed by atoms with Gasteiger partial charge in [0.25, 0.3) is 11.8 Å². The largest absolute Gasteiger partial charge is 0.494 e. The summed E-state index contributed by atoms with van der Waals surface area (Å²) >= 11 is 0. The van der Waals surface area contributed by atoms with E-state index in [1.165, 1.54) is 70.9 Å². The van der Waals surface area contributed by atoms with Gasteiger partial charge in [0, 0.05) is 77.1 Å². The van der Waals surface area contributed by atoms with Crippen LogP contribution in [0.5, 0.6) is 11.5 Å². The number of nitrogens with one attached hydrogen (secondary N) is 4. The number of esters is 2. The van der Waals surface area contributed by atoms with E-state index in [4.69, 9.17) is 38.8 Å². The van der Waals surface area contributed by atoms with Gasteiger partial charge in [-0.2, -0.15) is 0 Å². The van der Waals surface area contributed by atoms with Crippen LogP contribution in [0.25, 0.3) is 22.6 Å². The minimum Gasteiger partial charge on any atom is -0.494 e. The molecule has 12 unspecified atom stereocenters. The average Bonchev–Trinajstić information content (AvgIpc) is 0.886. The number of fused-ring (bicyclic) bond motifs is 4. The maximum atomic E-state index is 15.2. The number of hydrogen-bond acceptors (Lipinski definition) is 22. The first kappa shape index (κ1) is 89.9. The highest BCUT2D eigenvalue weighted by Gasteiger charge is 2.48. The number of benzene rings is 3. The topological polar surface area (TPSA) is 384 Å². The van der Waals surface area contributed by atoms with Crippen LogP contribution in [0.1, 0.15) is 166 Å². The SMILES string of the molecule is CCCCOc1ccc(OCCCN2CCOCC2)cc1.Cc1c2oc3c(C)ccc(C(=O)NC4C(=O)NC(C(C)C)C(=O)C5CCCC5C(=O)N(C)CC(=O)N(C)C(C(C)C)C(=O)OC4C)c3nc-2c(C(=O)NC2C(=O)NC(C(C)C)C(=O)C3CCCC3C(=O)N(C)CC(=O)N(C)C(C(C)C)C(=O)OC2C)c(N)c1=O.Cl. The number of halogens is 1. The summed E-state index contributed by atoms with van der Waals surface area (Å²) in [4.78, 5) is 199. The van der Waals surface area contributed by atoms with Gasteiger partial charge in [-0.25, -0.2) is 14.6 Å². The number of carbonyl (C=O) groups is 12. The van der Waals surface area contributed by atoms with Crippen molar-refractivity contribution in [3.63, 3.8) is 0 Å². The lowest BCUT2D eigenvalue weighted by molar-refractivity contribution is -0.163. The van der Waals surface area contributed by atoms with E-state index < -0.39 is 196 Å². The number of nitrogens with zero attached hydrogens (tertiary/aromatic N) is 6. The lowest BCUT2D eigenvalue weighted by atomic mass is 9.83. The van der Waals surface area contributed by atoms with Gasteiger partial charge in [-0.3, -0.25) is 57.6 Å². The summed E-state index contributed by atoms with van der Waals surface area (Å²) in [5.41, 5.74) is 3.67. The van der Waals surface area contributed by atoms with Crippen molar-refractivity contribution < 1.29 is 85.6 Å². The molecule has 2 aromatic carbocycles. The van der Waals surface area contributed by atoms with Crippen molar-refractivity contribution in [3.05, 3.63) is 68.9 Å². The number of rotatable bonds is 17. The maximum Gasteiger partial charge on any atom is 0.329 e. The summed E-state index contributed by atoms with van der Waals surface area (Å²) in [6.45, 7) is 26.9. The number of ketones is 2. The Hall–Kier alpha value is -9.29. The minimum absolute atomic E-state index is 0. The minimum atomic E-state index is -1.86. The van der Waals surface area contributed by atoms with Crippen LogP contribution in [0.2, 0.25) is 0 Å². The fourth-order valence-corrected chi connectivity index (χ4v) is 15.4. The summed E-state index contributed by atoms with van der Waals surface area (Å²) in [7, 11) is 5.66. The second-order valence-electron chi connectivity index (χ2n) is 31.6. The molecular formula is C81H116ClN11O19. The molecule has 3 aliphatic carbocycles. The third-order valence-corrected chi connectivity index (χ3v) is 21.9. The fourth-order valence-electron chi connectivity index (χ4n) is 15.4. The Morgan fingerprint density at radius 1 is 0.607 bits per heavy atom. The average molecular weight is 1580 g/mol. The summed E-state index contributed by atoms with van der Waals surface area (Å²) in [5.74, 6) is -13.1. The highest BCUT2D eigenvalue weighted by Crippen LogP contribution is 2.39. The number of anilines is 1. The number of Topliss-reactive ketones (excluding diaryl/α,β-unsaturated/α-hetero) is 2. The zero-order chi connectivity index (χ0) is 81.7. The number of aryl methyl sites for hydroxylation is 1. The number of likely N-dealkylation sites (N-methyl/N-ethyl adjacent to an activating group) is 4. The molecule has 6 N–H and O–H groups in total.